The molecule has 0 unspecified atom stereocenters. The first kappa shape index (κ1) is 21.0. The Morgan fingerprint density at radius 3 is 2.22 bits per heavy atom. The summed E-state index contributed by atoms with van der Waals surface area (Å²) in [4.78, 5) is 12.6. The minimum absolute atomic E-state index is 0.0382. The molecule has 0 aliphatic rings. The smallest absolute Gasteiger partial charge is 0.251 e. The third kappa shape index (κ3) is 4.89. The van der Waals surface area contributed by atoms with Gasteiger partial charge in [-0.1, -0.05) is 23.8 Å². The van der Waals surface area contributed by atoms with Crippen molar-refractivity contribution in [2.45, 2.75) is 40.7 Å². The van der Waals surface area contributed by atoms with Crippen molar-refractivity contribution in [3.63, 3.8) is 0 Å². The first-order valence-corrected chi connectivity index (χ1v) is 10.8. The maximum atomic E-state index is 12.6. The first-order valence-electron chi connectivity index (χ1n) is 9.18. The van der Waals surface area contributed by atoms with Gasteiger partial charge in [-0.2, -0.15) is 0 Å². The standard InChI is InChI=1S/C21H28N2O3S/c1-6-23(27(25,26)7-2)19-11-9-18(10-12-19)21(24)22-17(5)20-13-8-15(3)14-16(20)4/h8-14,17H,6-7H2,1-5H3,(H,22,24)/t17-/m0/s1. The van der Waals surface area contributed by atoms with E-state index in [2.05, 4.69) is 11.4 Å². The molecule has 0 fully saturated rings. The van der Waals surface area contributed by atoms with Gasteiger partial charge in [0.2, 0.25) is 10.0 Å². The van der Waals surface area contributed by atoms with Gasteiger partial charge >= 0.3 is 0 Å². The molecule has 0 heterocycles. The van der Waals surface area contributed by atoms with E-state index in [0.717, 1.165) is 11.1 Å². The van der Waals surface area contributed by atoms with Crippen molar-refractivity contribution in [2.75, 3.05) is 16.6 Å². The van der Waals surface area contributed by atoms with Crippen LogP contribution in [0, 0.1) is 13.8 Å². The van der Waals surface area contributed by atoms with Gasteiger partial charge in [0.15, 0.2) is 0 Å². The summed E-state index contributed by atoms with van der Waals surface area (Å²) in [5.41, 5.74) is 4.48. The summed E-state index contributed by atoms with van der Waals surface area (Å²) >= 11 is 0. The van der Waals surface area contributed by atoms with Gasteiger partial charge in [-0.15, -0.1) is 0 Å². The van der Waals surface area contributed by atoms with Crippen LogP contribution >= 0.6 is 0 Å². The van der Waals surface area contributed by atoms with Crippen LogP contribution in [0.4, 0.5) is 5.69 Å². The van der Waals surface area contributed by atoms with Crippen molar-refractivity contribution in [1.82, 2.24) is 5.32 Å². The fraction of sp³-hybridized carbons (Fsp3) is 0.381. The first-order chi connectivity index (χ1) is 12.7. The summed E-state index contributed by atoms with van der Waals surface area (Å²) in [7, 11) is -3.33. The molecule has 2 rings (SSSR count). The molecule has 2 aromatic rings. The van der Waals surface area contributed by atoms with Crippen LogP contribution in [0.15, 0.2) is 42.5 Å². The van der Waals surface area contributed by atoms with E-state index in [1.165, 1.54) is 9.87 Å². The number of aryl methyl sites for hydroxylation is 2. The molecule has 6 heteroatoms. The summed E-state index contributed by atoms with van der Waals surface area (Å²) < 4.78 is 25.7. The second-order valence-electron chi connectivity index (χ2n) is 6.67. The SMILES string of the molecule is CCN(c1ccc(C(=O)N[C@@H](C)c2ccc(C)cc2C)cc1)S(=O)(=O)CC. The Morgan fingerprint density at radius 2 is 1.70 bits per heavy atom. The molecule has 0 aliphatic heterocycles. The molecular weight excluding hydrogens is 360 g/mol. The highest BCUT2D eigenvalue weighted by Gasteiger charge is 2.19. The minimum Gasteiger partial charge on any atom is -0.346 e. The van der Waals surface area contributed by atoms with Crippen molar-refractivity contribution in [2.24, 2.45) is 0 Å². The van der Waals surface area contributed by atoms with Gasteiger partial charge < -0.3 is 5.32 Å². The predicted octanol–water partition coefficient (Wildman–Crippen LogP) is 3.97. The zero-order valence-electron chi connectivity index (χ0n) is 16.6. The second kappa shape index (κ2) is 8.57. The van der Waals surface area contributed by atoms with Gasteiger partial charge in [0.1, 0.15) is 0 Å². The van der Waals surface area contributed by atoms with Crippen LogP contribution in [0.3, 0.4) is 0 Å². The van der Waals surface area contributed by atoms with Gasteiger partial charge in [-0.25, -0.2) is 8.42 Å². The lowest BCUT2D eigenvalue weighted by atomic mass is 10.00. The monoisotopic (exact) mass is 388 g/mol. The number of amides is 1. The fourth-order valence-electron chi connectivity index (χ4n) is 3.14. The van der Waals surface area contributed by atoms with Crippen molar-refractivity contribution in [1.29, 1.82) is 0 Å². The largest absolute Gasteiger partial charge is 0.346 e. The topological polar surface area (TPSA) is 66.5 Å². The number of carbonyl (C=O) groups is 1. The molecule has 0 bridgehead atoms. The molecule has 0 saturated carbocycles. The lowest BCUT2D eigenvalue weighted by Gasteiger charge is -2.22. The Kier molecular flexibility index (Phi) is 6.65. The molecule has 0 aliphatic carbocycles. The lowest BCUT2D eigenvalue weighted by Crippen LogP contribution is -2.32. The van der Waals surface area contributed by atoms with Crippen LogP contribution in [-0.2, 0) is 10.0 Å². The molecular formula is C21H28N2O3S. The van der Waals surface area contributed by atoms with E-state index < -0.39 is 10.0 Å². The Bertz CT molecular complexity index is 906. The van der Waals surface area contributed by atoms with Gasteiger partial charge in [0, 0.05) is 12.1 Å². The van der Waals surface area contributed by atoms with E-state index >= 15 is 0 Å². The Labute approximate surface area is 162 Å². The molecule has 0 radical (unpaired) electrons. The van der Waals surface area contributed by atoms with Crippen molar-refractivity contribution in [3.8, 4) is 0 Å². The fourth-order valence-corrected chi connectivity index (χ4v) is 4.29. The average Bonchev–Trinajstić information content (AvgIpc) is 2.62. The van der Waals surface area contributed by atoms with Crippen molar-refractivity contribution < 1.29 is 13.2 Å². The highest BCUT2D eigenvalue weighted by molar-refractivity contribution is 7.92. The lowest BCUT2D eigenvalue weighted by molar-refractivity contribution is 0.0940. The highest BCUT2D eigenvalue weighted by Crippen LogP contribution is 2.21. The van der Waals surface area contributed by atoms with Crippen LogP contribution < -0.4 is 9.62 Å². The third-order valence-electron chi connectivity index (χ3n) is 4.64. The normalized spacial score (nSPS) is 12.5. The molecule has 1 N–H and O–H groups in total. The zero-order chi connectivity index (χ0) is 20.2. The number of benzene rings is 2. The molecule has 27 heavy (non-hydrogen) atoms. The average molecular weight is 389 g/mol. The van der Waals surface area contributed by atoms with Crippen molar-refractivity contribution in [3.05, 3.63) is 64.7 Å². The molecule has 146 valence electrons. The van der Waals surface area contributed by atoms with Gasteiger partial charge in [-0.3, -0.25) is 9.10 Å². The summed E-state index contributed by atoms with van der Waals surface area (Å²) in [5.74, 6) is -0.147. The number of carbonyl (C=O) groups excluding carboxylic acids is 1. The van der Waals surface area contributed by atoms with Crippen LogP contribution in [0.5, 0.6) is 0 Å². The summed E-state index contributed by atoms with van der Waals surface area (Å²) in [5, 5.41) is 3.01. The van der Waals surface area contributed by atoms with Crippen LogP contribution in [0.25, 0.3) is 0 Å². The number of anilines is 1. The maximum absolute atomic E-state index is 12.6. The summed E-state index contributed by atoms with van der Waals surface area (Å²) in [6, 6.07) is 12.7. The predicted molar refractivity (Wildman–Crippen MR) is 111 cm³/mol. The Morgan fingerprint density at radius 1 is 1.07 bits per heavy atom. The van der Waals surface area contributed by atoms with E-state index in [1.807, 2.05) is 32.9 Å². The van der Waals surface area contributed by atoms with Gasteiger partial charge in [0.25, 0.3) is 5.91 Å². The number of hydrogen-bond donors (Lipinski definition) is 1. The van der Waals surface area contributed by atoms with Crippen LogP contribution in [0.1, 0.15) is 53.9 Å². The van der Waals surface area contributed by atoms with Crippen LogP contribution in [0.2, 0.25) is 0 Å². The quantitative estimate of drug-likeness (QED) is 0.780. The van der Waals surface area contributed by atoms with E-state index in [9.17, 15) is 13.2 Å². The molecule has 0 aromatic heterocycles. The van der Waals surface area contributed by atoms with E-state index in [-0.39, 0.29) is 17.7 Å². The van der Waals surface area contributed by atoms with Crippen molar-refractivity contribution >= 4 is 21.6 Å². The van der Waals surface area contributed by atoms with Gasteiger partial charge in [-0.05, 0) is 70.0 Å². The van der Waals surface area contributed by atoms with E-state index in [1.54, 1.807) is 38.1 Å². The number of nitrogens with zero attached hydrogens (tertiary/aromatic N) is 1. The number of sulfonamides is 1. The highest BCUT2D eigenvalue weighted by atomic mass is 32.2. The van der Waals surface area contributed by atoms with E-state index in [4.69, 9.17) is 0 Å². The van der Waals surface area contributed by atoms with E-state index in [0.29, 0.717) is 17.8 Å². The number of hydrogen-bond acceptors (Lipinski definition) is 3. The minimum atomic E-state index is -3.33. The zero-order valence-corrected chi connectivity index (χ0v) is 17.4. The third-order valence-corrected chi connectivity index (χ3v) is 6.51. The number of nitrogens with one attached hydrogen (secondary N) is 1. The van der Waals surface area contributed by atoms with Gasteiger partial charge in [0.05, 0.1) is 17.5 Å². The Hall–Kier alpha value is -2.34. The summed E-state index contributed by atoms with van der Waals surface area (Å²) in [6.07, 6.45) is 0. The molecule has 0 spiro atoms. The van der Waals surface area contributed by atoms with Crippen LogP contribution in [-0.4, -0.2) is 26.6 Å². The molecule has 1 amide bonds. The second-order valence-corrected chi connectivity index (χ2v) is 8.85. The molecule has 2 aromatic carbocycles. The molecule has 0 saturated heterocycles. The maximum Gasteiger partial charge on any atom is 0.251 e. The Balaban J connectivity index is 2.15. The number of rotatable bonds is 7. The molecule has 1 atom stereocenters. The summed E-state index contributed by atoms with van der Waals surface area (Å²) in [6.45, 7) is 9.79. The molecule has 5 nitrogen and oxygen atoms in total.